The zero-order valence-electron chi connectivity index (χ0n) is 16.5. The van der Waals surface area contributed by atoms with E-state index in [-0.39, 0.29) is 11.7 Å². The van der Waals surface area contributed by atoms with Crippen molar-refractivity contribution in [2.75, 3.05) is 23.7 Å². The van der Waals surface area contributed by atoms with Gasteiger partial charge in [-0.3, -0.25) is 14.3 Å². The topological polar surface area (TPSA) is 84.1 Å². The SMILES string of the molecule is CC(C)CN(CCc1ccccc1Cl)c1c(N)n(CC(C)C)c(=O)[nH]c1=O. The maximum atomic E-state index is 12.6. The fourth-order valence-corrected chi connectivity index (χ4v) is 3.35. The molecule has 0 unspecified atom stereocenters. The lowest BCUT2D eigenvalue weighted by Crippen LogP contribution is -2.41. The normalized spacial score (nSPS) is 11.4. The number of nitrogens with two attached hydrogens (primary N) is 1. The molecule has 6 nitrogen and oxygen atoms in total. The van der Waals surface area contributed by atoms with Crippen molar-refractivity contribution in [3.63, 3.8) is 0 Å². The number of halogens is 1. The predicted octanol–water partition coefficient (Wildman–Crippen LogP) is 3.13. The molecule has 0 aliphatic carbocycles. The number of rotatable bonds is 8. The van der Waals surface area contributed by atoms with Crippen LogP contribution in [0.5, 0.6) is 0 Å². The van der Waals surface area contributed by atoms with E-state index in [0.717, 1.165) is 5.56 Å². The van der Waals surface area contributed by atoms with E-state index in [0.29, 0.717) is 42.7 Å². The van der Waals surface area contributed by atoms with Crippen LogP contribution in [0.3, 0.4) is 0 Å². The smallest absolute Gasteiger partial charge is 0.330 e. The Hall–Kier alpha value is -2.21. The van der Waals surface area contributed by atoms with Crippen molar-refractivity contribution in [1.82, 2.24) is 9.55 Å². The average molecular weight is 393 g/mol. The fourth-order valence-electron chi connectivity index (χ4n) is 3.12. The molecule has 1 aromatic heterocycles. The van der Waals surface area contributed by atoms with Gasteiger partial charge in [0.1, 0.15) is 11.5 Å². The lowest BCUT2D eigenvalue weighted by atomic mass is 10.1. The zero-order chi connectivity index (χ0) is 20.1. The van der Waals surface area contributed by atoms with Crippen LogP contribution in [-0.4, -0.2) is 22.6 Å². The van der Waals surface area contributed by atoms with Crippen LogP contribution in [0.2, 0.25) is 5.02 Å². The molecular formula is C20H29ClN4O2. The summed E-state index contributed by atoms with van der Waals surface area (Å²) in [6.07, 6.45) is 0.675. The van der Waals surface area contributed by atoms with Gasteiger partial charge in [0.05, 0.1) is 0 Å². The molecule has 27 heavy (non-hydrogen) atoms. The quantitative estimate of drug-likeness (QED) is 0.722. The van der Waals surface area contributed by atoms with Crippen molar-refractivity contribution in [3.8, 4) is 0 Å². The molecule has 7 heteroatoms. The molecule has 148 valence electrons. The lowest BCUT2D eigenvalue weighted by molar-refractivity contribution is 0.506. The van der Waals surface area contributed by atoms with Gasteiger partial charge < -0.3 is 10.6 Å². The highest BCUT2D eigenvalue weighted by atomic mass is 35.5. The number of anilines is 2. The third kappa shape index (κ3) is 5.39. The number of nitrogens with zero attached hydrogens (tertiary/aromatic N) is 2. The number of aromatic nitrogens is 2. The Balaban J connectivity index is 2.42. The minimum Gasteiger partial charge on any atom is -0.383 e. The Labute approximate surface area is 165 Å². The van der Waals surface area contributed by atoms with Crippen LogP contribution in [-0.2, 0) is 13.0 Å². The first kappa shape index (κ1) is 21.1. The molecule has 0 amide bonds. The largest absolute Gasteiger partial charge is 0.383 e. The Morgan fingerprint density at radius 1 is 1.15 bits per heavy atom. The van der Waals surface area contributed by atoms with Crippen molar-refractivity contribution in [2.24, 2.45) is 11.8 Å². The summed E-state index contributed by atoms with van der Waals surface area (Å²) in [4.78, 5) is 29.2. The van der Waals surface area contributed by atoms with Gasteiger partial charge in [-0.15, -0.1) is 0 Å². The minimum atomic E-state index is -0.467. The van der Waals surface area contributed by atoms with Gasteiger partial charge in [-0.2, -0.15) is 0 Å². The van der Waals surface area contributed by atoms with Crippen LogP contribution in [0.1, 0.15) is 33.3 Å². The van der Waals surface area contributed by atoms with Crippen LogP contribution in [0.15, 0.2) is 33.9 Å². The number of nitrogens with one attached hydrogen (secondary N) is 1. The molecule has 1 aromatic carbocycles. The maximum Gasteiger partial charge on any atom is 0.330 e. The van der Waals surface area contributed by atoms with Crippen LogP contribution in [0.25, 0.3) is 0 Å². The van der Waals surface area contributed by atoms with Gasteiger partial charge in [0.15, 0.2) is 0 Å². The van der Waals surface area contributed by atoms with Crippen molar-refractivity contribution < 1.29 is 0 Å². The molecule has 0 bridgehead atoms. The fraction of sp³-hybridized carbons (Fsp3) is 0.500. The van der Waals surface area contributed by atoms with E-state index in [1.807, 2.05) is 43.0 Å². The van der Waals surface area contributed by atoms with E-state index >= 15 is 0 Å². The van der Waals surface area contributed by atoms with E-state index in [1.54, 1.807) is 0 Å². The van der Waals surface area contributed by atoms with E-state index in [4.69, 9.17) is 17.3 Å². The summed E-state index contributed by atoms with van der Waals surface area (Å²) < 4.78 is 1.45. The molecule has 0 radical (unpaired) electrons. The lowest BCUT2D eigenvalue weighted by Gasteiger charge is -2.28. The van der Waals surface area contributed by atoms with Gasteiger partial charge >= 0.3 is 5.69 Å². The Kier molecular flexibility index (Phi) is 7.13. The summed E-state index contributed by atoms with van der Waals surface area (Å²) in [6.45, 7) is 9.84. The van der Waals surface area contributed by atoms with E-state index in [1.165, 1.54) is 4.57 Å². The molecule has 0 saturated heterocycles. The second kappa shape index (κ2) is 9.13. The van der Waals surface area contributed by atoms with Crippen molar-refractivity contribution in [1.29, 1.82) is 0 Å². The molecule has 2 aromatic rings. The van der Waals surface area contributed by atoms with Gasteiger partial charge in [-0.25, -0.2) is 4.79 Å². The number of aromatic amines is 1. The Bertz CT molecular complexity index is 886. The molecule has 3 N–H and O–H groups in total. The maximum absolute atomic E-state index is 12.6. The molecule has 0 aliphatic heterocycles. The summed E-state index contributed by atoms with van der Waals surface area (Å²) in [5.41, 5.74) is 6.74. The highest BCUT2D eigenvalue weighted by Gasteiger charge is 2.20. The molecule has 0 atom stereocenters. The van der Waals surface area contributed by atoms with Crippen molar-refractivity contribution in [3.05, 3.63) is 55.7 Å². The van der Waals surface area contributed by atoms with Gasteiger partial charge in [0, 0.05) is 24.7 Å². The van der Waals surface area contributed by atoms with Gasteiger partial charge in [0.25, 0.3) is 5.56 Å². The van der Waals surface area contributed by atoms with Gasteiger partial charge in [-0.1, -0.05) is 57.5 Å². The van der Waals surface area contributed by atoms with Crippen LogP contribution in [0, 0.1) is 11.8 Å². The first-order valence-electron chi connectivity index (χ1n) is 9.31. The first-order chi connectivity index (χ1) is 12.7. The van der Waals surface area contributed by atoms with Gasteiger partial charge in [0.2, 0.25) is 0 Å². The minimum absolute atomic E-state index is 0.220. The molecule has 0 aliphatic rings. The van der Waals surface area contributed by atoms with Crippen LogP contribution >= 0.6 is 11.6 Å². The monoisotopic (exact) mass is 392 g/mol. The average Bonchev–Trinajstić information content (AvgIpc) is 2.56. The number of benzene rings is 1. The predicted molar refractivity (Wildman–Crippen MR) is 113 cm³/mol. The molecule has 0 spiro atoms. The summed E-state index contributed by atoms with van der Waals surface area (Å²) >= 11 is 6.27. The number of hydrogen-bond acceptors (Lipinski definition) is 4. The highest BCUT2D eigenvalue weighted by molar-refractivity contribution is 6.31. The molecule has 1 heterocycles. The number of nitrogen functional groups attached to an aromatic ring is 1. The third-order valence-electron chi connectivity index (χ3n) is 4.27. The van der Waals surface area contributed by atoms with E-state index < -0.39 is 11.2 Å². The molecule has 2 rings (SSSR count). The Morgan fingerprint density at radius 3 is 2.41 bits per heavy atom. The van der Waals surface area contributed by atoms with Crippen molar-refractivity contribution >= 4 is 23.1 Å². The third-order valence-corrected chi connectivity index (χ3v) is 4.64. The van der Waals surface area contributed by atoms with Crippen LogP contribution in [0.4, 0.5) is 11.5 Å². The number of hydrogen-bond donors (Lipinski definition) is 2. The summed E-state index contributed by atoms with van der Waals surface area (Å²) in [7, 11) is 0. The molecule has 0 fully saturated rings. The van der Waals surface area contributed by atoms with E-state index in [9.17, 15) is 9.59 Å². The van der Waals surface area contributed by atoms with Crippen LogP contribution < -0.4 is 21.9 Å². The van der Waals surface area contributed by atoms with Gasteiger partial charge in [-0.05, 0) is 29.9 Å². The van der Waals surface area contributed by atoms with Crippen molar-refractivity contribution in [2.45, 2.75) is 40.7 Å². The second-order valence-corrected chi connectivity index (χ2v) is 8.09. The Morgan fingerprint density at radius 2 is 1.81 bits per heavy atom. The summed E-state index contributed by atoms with van der Waals surface area (Å²) in [5.74, 6) is 0.767. The number of H-pyrrole nitrogens is 1. The summed E-state index contributed by atoms with van der Waals surface area (Å²) in [6, 6.07) is 7.66. The first-order valence-corrected chi connectivity index (χ1v) is 9.69. The second-order valence-electron chi connectivity index (χ2n) is 7.68. The molecular weight excluding hydrogens is 364 g/mol. The van der Waals surface area contributed by atoms with E-state index in [2.05, 4.69) is 18.8 Å². The highest BCUT2D eigenvalue weighted by Crippen LogP contribution is 2.21. The zero-order valence-corrected chi connectivity index (χ0v) is 17.2. The standard InChI is InChI=1S/C20H29ClN4O2/c1-13(2)11-24(10-9-15-7-5-6-8-16(15)21)17-18(22)25(12-14(3)4)20(27)23-19(17)26/h5-8,13-14H,9-12,22H2,1-4H3,(H,23,26,27). The summed E-state index contributed by atoms with van der Waals surface area (Å²) in [5, 5.41) is 0.702. The molecule has 0 saturated carbocycles.